The molecule has 53 heavy (non-hydrogen) atoms. The van der Waals surface area contributed by atoms with E-state index in [9.17, 15) is 23.6 Å². The van der Waals surface area contributed by atoms with Crippen LogP contribution in [0.4, 0.5) is 4.39 Å². The molecule has 1 aliphatic carbocycles. The van der Waals surface area contributed by atoms with Gasteiger partial charge >= 0.3 is 0 Å². The highest BCUT2D eigenvalue weighted by atomic mass is 19.1. The molecule has 4 fully saturated rings. The van der Waals surface area contributed by atoms with Crippen LogP contribution < -0.4 is 5.56 Å². The lowest BCUT2D eigenvalue weighted by atomic mass is 9.86. The Morgan fingerprint density at radius 1 is 0.792 bits per heavy atom. The molecular formula is C41H54FN7O4. The highest BCUT2D eigenvalue weighted by Crippen LogP contribution is 2.28. The second kappa shape index (κ2) is 16.9. The van der Waals surface area contributed by atoms with Crippen molar-refractivity contribution in [3.8, 4) is 0 Å². The number of carbonyl (C=O) groups is 3. The molecule has 1 saturated carbocycles. The highest BCUT2D eigenvalue weighted by Gasteiger charge is 2.32. The summed E-state index contributed by atoms with van der Waals surface area (Å²) < 4.78 is 15.0. The molecule has 284 valence electrons. The highest BCUT2D eigenvalue weighted by molar-refractivity contribution is 5.95. The summed E-state index contributed by atoms with van der Waals surface area (Å²) in [5.41, 5.74) is 1.08. The van der Waals surface area contributed by atoms with Crippen molar-refractivity contribution in [3.63, 3.8) is 0 Å². The van der Waals surface area contributed by atoms with Gasteiger partial charge in [0, 0.05) is 76.6 Å². The number of rotatable bonds is 9. The molecule has 3 amide bonds. The van der Waals surface area contributed by atoms with Gasteiger partial charge in [-0.05, 0) is 81.3 Å². The minimum absolute atomic E-state index is 0.00152. The van der Waals surface area contributed by atoms with E-state index in [0.29, 0.717) is 73.5 Å². The summed E-state index contributed by atoms with van der Waals surface area (Å²) in [6.45, 7) is 9.66. The van der Waals surface area contributed by atoms with Crippen LogP contribution in [-0.4, -0.2) is 130 Å². The Kier molecular flexibility index (Phi) is 11.8. The predicted molar refractivity (Wildman–Crippen MR) is 202 cm³/mol. The van der Waals surface area contributed by atoms with Gasteiger partial charge in [0.2, 0.25) is 11.8 Å². The number of benzene rings is 2. The molecule has 12 heteroatoms. The van der Waals surface area contributed by atoms with Crippen LogP contribution in [-0.2, 0) is 16.0 Å². The van der Waals surface area contributed by atoms with Gasteiger partial charge in [0.1, 0.15) is 5.82 Å². The molecule has 3 aromatic rings. The van der Waals surface area contributed by atoms with Crippen LogP contribution in [0.2, 0.25) is 0 Å². The molecule has 0 unspecified atom stereocenters. The fourth-order valence-electron chi connectivity index (χ4n) is 8.98. The van der Waals surface area contributed by atoms with Crippen LogP contribution in [0.25, 0.3) is 10.8 Å². The van der Waals surface area contributed by atoms with Crippen molar-refractivity contribution in [3.05, 3.63) is 75.5 Å². The van der Waals surface area contributed by atoms with Gasteiger partial charge in [0.25, 0.3) is 11.5 Å². The molecule has 4 heterocycles. The van der Waals surface area contributed by atoms with Gasteiger partial charge in [-0.1, -0.05) is 43.5 Å². The zero-order chi connectivity index (χ0) is 36.9. The lowest BCUT2D eigenvalue weighted by molar-refractivity contribution is -0.137. The number of piperidine rings is 1. The molecule has 3 aliphatic heterocycles. The smallest absolute Gasteiger partial charge is 0.272 e. The number of carbonyl (C=O) groups excluding carboxylic acids is 3. The maximum Gasteiger partial charge on any atom is 0.272 e. The summed E-state index contributed by atoms with van der Waals surface area (Å²) in [7, 11) is 0. The molecule has 4 aliphatic rings. The molecule has 11 nitrogen and oxygen atoms in total. The third-order valence-corrected chi connectivity index (χ3v) is 12.1. The molecule has 0 radical (unpaired) electrons. The maximum atomic E-state index is 15.0. The number of piperazine rings is 2. The second-order valence-corrected chi connectivity index (χ2v) is 15.8. The van der Waals surface area contributed by atoms with Crippen LogP contribution >= 0.6 is 0 Å². The standard InChI is InChI=1S/C41H54FN7O4/c1-29-26-46(17-22-49(29)38(50)25-30-7-3-2-4-8-30)27-31-13-15-45(16-14-31)28-39(51)47-18-20-48(21-19-47)41(53)35-23-32(11-12-36(35)42)24-37-33-9-5-6-10-34(33)40(52)44-43-37/h5-6,9-12,23,29-31H,2-4,7-8,13-22,24-28H2,1H3,(H,44,52)/t29-/m1/s1. The van der Waals surface area contributed by atoms with E-state index in [-0.39, 0.29) is 29.0 Å². The van der Waals surface area contributed by atoms with Gasteiger partial charge in [-0.15, -0.1) is 0 Å². The number of hydrogen-bond donors (Lipinski definition) is 1. The summed E-state index contributed by atoms with van der Waals surface area (Å²) in [4.78, 5) is 62.4. The van der Waals surface area contributed by atoms with Gasteiger partial charge in [0.15, 0.2) is 0 Å². The number of fused-ring (bicyclic) bond motifs is 1. The second-order valence-electron chi connectivity index (χ2n) is 15.8. The minimum atomic E-state index is -0.586. The zero-order valence-corrected chi connectivity index (χ0v) is 31.1. The van der Waals surface area contributed by atoms with E-state index in [0.717, 1.165) is 63.9 Å². The topological polar surface area (TPSA) is 113 Å². The summed E-state index contributed by atoms with van der Waals surface area (Å²) in [6.07, 6.45) is 9.45. The predicted octanol–water partition coefficient (Wildman–Crippen LogP) is 4.15. The number of likely N-dealkylation sites (tertiary alicyclic amines) is 1. The van der Waals surface area contributed by atoms with E-state index in [1.165, 1.54) is 38.2 Å². The van der Waals surface area contributed by atoms with Crippen molar-refractivity contribution in [2.75, 3.05) is 72.0 Å². The summed E-state index contributed by atoms with van der Waals surface area (Å²) in [6, 6.07) is 12.0. The SMILES string of the molecule is C[C@@H]1CN(CC2CCN(CC(=O)N3CCN(C(=O)c4cc(Cc5n[nH]c(=O)c6ccccc56)ccc4F)CC3)CC2)CCN1C(=O)CC1CCCCC1. The van der Waals surface area contributed by atoms with Gasteiger partial charge in [-0.2, -0.15) is 5.10 Å². The average Bonchev–Trinajstić information content (AvgIpc) is 3.17. The molecule has 3 saturated heterocycles. The third kappa shape index (κ3) is 8.97. The van der Waals surface area contributed by atoms with Gasteiger partial charge in [0.05, 0.1) is 23.2 Å². The molecule has 1 atom stereocenters. The number of nitrogens with zero attached hydrogens (tertiary/aromatic N) is 6. The summed E-state index contributed by atoms with van der Waals surface area (Å²) in [5, 5.41) is 8.01. The first-order valence-electron chi connectivity index (χ1n) is 19.8. The Morgan fingerprint density at radius 2 is 1.51 bits per heavy atom. The number of nitrogens with one attached hydrogen (secondary N) is 1. The Hall–Kier alpha value is -4.16. The molecular weight excluding hydrogens is 673 g/mol. The van der Waals surface area contributed by atoms with E-state index in [1.54, 1.807) is 29.2 Å². The lowest BCUT2D eigenvalue weighted by Crippen LogP contribution is -2.55. The van der Waals surface area contributed by atoms with Crippen LogP contribution in [0, 0.1) is 17.7 Å². The van der Waals surface area contributed by atoms with Crippen molar-refractivity contribution in [1.29, 1.82) is 0 Å². The Bertz CT molecular complexity index is 1830. The Balaban J connectivity index is 0.834. The van der Waals surface area contributed by atoms with E-state index < -0.39 is 5.82 Å². The van der Waals surface area contributed by atoms with Crippen molar-refractivity contribution in [2.45, 2.75) is 70.8 Å². The minimum Gasteiger partial charge on any atom is -0.338 e. The Labute approximate surface area is 311 Å². The molecule has 1 N–H and O–H groups in total. The quantitative estimate of drug-likeness (QED) is 0.353. The van der Waals surface area contributed by atoms with Crippen molar-refractivity contribution in [2.24, 2.45) is 11.8 Å². The van der Waals surface area contributed by atoms with Crippen LogP contribution in [0.1, 0.15) is 79.9 Å². The third-order valence-electron chi connectivity index (χ3n) is 12.1. The average molecular weight is 728 g/mol. The first-order valence-corrected chi connectivity index (χ1v) is 19.8. The zero-order valence-electron chi connectivity index (χ0n) is 31.1. The summed E-state index contributed by atoms with van der Waals surface area (Å²) >= 11 is 0. The number of halogens is 1. The van der Waals surface area contributed by atoms with Crippen LogP contribution in [0.5, 0.6) is 0 Å². The molecule has 7 rings (SSSR count). The monoisotopic (exact) mass is 727 g/mol. The Morgan fingerprint density at radius 3 is 2.25 bits per heavy atom. The maximum absolute atomic E-state index is 15.0. The largest absolute Gasteiger partial charge is 0.338 e. The first kappa shape index (κ1) is 37.2. The van der Waals surface area contributed by atoms with Gasteiger partial charge < -0.3 is 14.7 Å². The number of amides is 3. The van der Waals surface area contributed by atoms with Crippen molar-refractivity contribution in [1.82, 2.24) is 34.7 Å². The van der Waals surface area contributed by atoms with Crippen LogP contribution in [0.15, 0.2) is 47.3 Å². The van der Waals surface area contributed by atoms with E-state index in [2.05, 4.69) is 31.8 Å². The van der Waals surface area contributed by atoms with Gasteiger partial charge in [-0.25, -0.2) is 9.49 Å². The molecule has 1 aromatic heterocycles. The fraction of sp³-hybridized carbons (Fsp3) is 0.585. The van der Waals surface area contributed by atoms with E-state index in [1.807, 2.05) is 17.0 Å². The molecule has 0 spiro atoms. The first-order chi connectivity index (χ1) is 25.7. The fourth-order valence-corrected chi connectivity index (χ4v) is 8.98. The lowest BCUT2D eigenvalue weighted by Gasteiger charge is -2.43. The van der Waals surface area contributed by atoms with Crippen molar-refractivity contribution >= 4 is 28.5 Å². The summed E-state index contributed by atoms with van der Waals surface area (Å²) in [5.74, 6) is 0.623. The van der Waals surface area contributed by atoms with E-state index in [4.69, 9.17) is 0 Å². The van der Waals surface area contributed by atoms with Gasteiger partial charge in [-0.3, -0.25) is 29.0 Å². The molecule has 0 bridgehead atoms. The van der Waals surface area contributed by atoms with Crippen LogP contribution in [0.3, 0.4) is 0 Å². The number of H-pyrrole nitrogens is 1. The molecule has 2 aromatic carbocycles. The van der Waals surface area contributed by atoms with Crippen molar-refractivity contribution < 1.29 is 18.8 Å². The van der Waals surface area contributed by atoms with E-state index >= 15 is 0 Å². The number of hydrogen-bond acceptors (Lipinski definition) is 7. The normalized spacial score (nSPS) is 21.3. The number of aromatic amines is 1. The number of aromatic nitrogens is 2.